The average molecular weight is 375 g/mol. The van der Waals surface area contributed by atoms with Crippen molar-refractivity contribution in [1.29, 1.82) is 0 Å². The van der Waals surface area contributed by atoms with Crippen LogP contribution in [0.4, 0.5) is 4.39 Å². The molecule has 3 rings (SSSR count). The Morgan fingerprint density at radius 2 is 1.96 bits per heavy atom. The average Bonchev–Trinajstić information content (AvgIpc) is 2.90. The monoisotopic (exact) mass is 374 g/mol. The molecule has 1 aromatic rings. The highest BCUT2D eigenvalue weighted by molar-refractivity contribution is 7.91. The van der Waals surface area contributed by atoms with Gasteiger partial charge in [-0.3, -0.25) is 9.69 Å². The van der Waals surface area contributed by atoms with Gasteiger partial charge in [0, 0.05) is 25.2 Å². The zero-order chi connectivity index (χ0) is 17.3. The predicted octanol–water partition coefficient (Wildman–Crippen LogP) is 1.86. The molecule has 0 spiro atoms. The van der Waals surface area contributed by atoms with Crippen LogP contribution < -0.4 is 5.32 Å². The second kappa shape index (κ2) is 6.98. The molecular weight excluding hydrogens is 355 g/mol. The molecule has 0 aromatic heterocycles. The molecule has 0 saturated carbocycles. The van der Waals surface area contributed by atoms with Crippen molar-refractivity contribution in [2.45, 2.75) is 31.3 Å². The molecule has 1 unspecified atom stereocenters. The van der Waals surface area contributed by atoms with Gasteiger partial charge in [0.2, 0.25) is 0 Å². The lowest BCUT2D eigenvalue weighted by atomic mass is 10.0. The summed E-state index contributed by atoms with van der Waals surface area (Å²) >= 11 is 5.95. The SMILES string of the molecule is O=C(NC1CCN(C2CCS(=O)(=O)C2)CC1)c1cc(F)ccc1Cl. The quantitative estimate of drug-likeness (QED) is 0.877. The van der Waals surface area contributed by atoms with Gasteiger partial charge in [-0.05, 0) is 37.5 Å². The topological polar surface area (TPSA) is 66.5 Å². The lowest BCUT2D eigenvalue weighted by Gasteiger charge is -2.35. The van der Waals surface area contributed by atoms with Crippen molar-refractivity contribution >= 4 is 27.3 Å². The molecule has 2 saturated heterocycles. The van der Waals surface area contributed by atoms with E-state index in [0.717, 1.165) is 32.0 Å². The van der Waals surface area contributed by atoms with E-state index in [9.17, 15) is 17.6 Å². The molecule has 8 heteroatoms. The molecule has 2 aliphatic heterocycles. The van der Waals surface area contributed by atoms with Crippen LogP contribution in [0.25, 0.3) is 0 Å². The first-order chi connectivity index (χ1) is 11.3. The minimum absolute atomic E-state index is 0.00825. The Morgan fingerprint density at radius 1 is 1.25 bits per heavy atom. The highest BCUT2D eigenvalue weighted by atomic mass is 35.5. The predicted molar refractivity (Wildman–Crippen MR) is 90.5 cm³/mol. The van der Waals surface area contributed by atoms with Crippen molar-refractivity contribution in [2.75, 3.05) is 24.6 Å². The molecule has 0 bridgehead atoms. The molecule has 1 N–H and O–H groups in total. The summed E-state index contributed by atoms with van der Waals surface area (Å²) in [5, 5.41) is 3.12. The van der Waals surface area contributed by atoms with Crippen LogP contribution in [0.15, 0.2) is 18.2 Å². The highest BCUT2D eigenvalue weighted by Gasteiger charge is 2.34. The number of nitrogens with zero attached hydrogens (tertiary/aromatic N) is 1. The fourth-order valence-corrected chi connectivity index (χ4v) is 5.37. The van der Waals surface area contributed by atoms with Gasteiger partial charge in [-0.25, -0.2) is 12.8 Å². The summed E-state index contributed by atoms with van der Waals surface area (Å²) < 4.78 is 36.4. The third kappa shape index (κ3) is 4.07. The van der Waals surface area contributed by atoms with Crippen LogP contribution in [-0.2, 0) is 9.84 Å². The first-order valence-electron chi connectivity index (χ1n) is 8.04. The van der Waals surface area contributed by atoms with Crippen LogP contribution >= 0.6 is 11.6 Å². The number of benzene rings is 1. The van der Waals surface area contributed by atoms with Gasteiger partial charge in [0.25, 0.3) is 5.91 Å². The fourth-order valence-electron chi connectivity index (χ4n) is 3.41. The van der Waals surface area contributed by atoms with Gasteiger partial charge in [-0.1, -0.05) is 11.6 Å². The van der Waals surface area contributed by atoms with Crippen LogP contribution in [0.2, 0.25) is 5.02 Å². The van der Waals surface area contributed by atoms with E-state index in [1.165, 1.54) is 12.1 Å². The van der Waals surface area contributed by atoms with Gasteiger partial charge >= 0.3 is 0 Å². The second-order valence-electron chi connectivity index (χ2n) is 6.46. The zero-order valence-electron chi connectivity index (χ0n) is 13.2. The number of likely N-dealkylation sites (tertiary alicyclic amines) is 1. The number of halogens is 2. The van der Waals surface area contributed by atoms with E-state index in [1.807, 2.05) is 0 Å². The number of hydrogen-bond donors (Lipinski definition) is 1. The van der Waals surface area contributed by atoms with Crippen LogP contribution in [0, 0.1) is 5.82 Å². The minimum atomic E-state index is -2.88. The number of hydrogen-bond acceptors (Lipinski definition) is 4. The van der Waals surface area contributed by atoms with Crippen LogP contribution in [0.1, 0.15) is 29.6 Å². The molecule has 0 aliphatic carbocycles. The molecule has 2 heterocycles. The Balaban J connectivity index is 1.54. The Hall–Kier alpha value is -1.18. The maximum atomic E-state index is 13.3. The molecule has 1 amide bonds. The van der Waals surface area contributed by atoms with Crippen molar-refractivity contribution in [2.24, 2.45) is 0 Å². The number of rotatable bonds is 3. The number of sulfone groups is 1. The van der Waals surface area contributed by atoms with E-state index in [4.69, 9.17) is 11.6 Å². The van der Waals surface area contributed by atoms with E-state index in [0.29, 0.717) is 6.42 Å². The first-order valence-corrected chi connectivity index (χ1v) is 10.2. The maximum absolute atomic E-state index is 13.3. The molecule has 1 atom stereocenters. The number of nitrogens with one attached hydrogen (secondary N) is 1. The van der Waals surface area contributed by atoms with E-state index < -0.39 is 15.7 Å². The Kier molecular flexibility index (Phi) is 5.13. The first kappa shape index (κ1) is 17.6. The molecule has 2 aliphatic rings. The third-order valence-corrected chi connectivity index (χ3v) is 6.84. The number of piperidine rings is 1. The zero-order valence-corrected chi connectivity index (χ0v) is 14.7. The molecular formula is C16H20ClFN2O3S. The summed E-state index contributed by atoms with van der Waals surface area (Å²) in [6, 6.07) is 3.81. The molecule has 2 fully saturated rings. The van der Waals surface area contributed by atoms with Gasteiger partial charge in [0.1, 0.15) is 5.82 Å². The lowest BCUT2D eigenvalue weighted by molar-refractivity contribution is 0.0897. The smallest absolute Gasteiger partial charge is 0.253 e. The van der Waals surface area contributed by atoms with Crippen molar-refractivity contribution in [1.82, 2.24) is 10.2 Å². The summed E-state index contributed by atoms with van der Waals surface area (Å²) in [5.74, 6) is -0.363. The fraction of sp³-hybridized carbons (Fsp3) is 0.562. The van der Waals surface area contributed by atoms with E-state index >= 15 is 0 Å². The van der Waals surface area contributed by atoms with E-state index in [-0.39, 0.29) is 40.1 Å². The van der Waals surface area contributed by atoms with Crippen LogP contribution in [0.3, 0.4) is 0 Å². The summed E-state index contributed by atoms with van der Waals surface area (Å²) in [4.78, 5) is 14.5. The lowest BCUT2D eigenvalue weighted by Crippen LogP contribution is -2.48. The summed E-state index contributed by atoms with van der Waals surface area (Å²) in [6.45, 7) is 1.50. The van der Waals surface area contributed by atoms with E-state index in [2.05, 4.69) is 10.2 Å². The largest absolute Gasteiger partial charge is 0.349 e. The maximum Gasteiger partial charge on any atom is 0.253 e. The normalized spacial score (nSPS) is 24.8. The van der Waals surface area contributed by atoms with Gasteiger partial charge in [0.15, 0.2) is 9.84 Å². The molecule has 5 nitrogen and oxygen atoms in total. The number of carbonyl (C=O) groups is 1. The molecule has 24 heavy (non-hydrogen) atoms. The molecule has 1 aromatic carbocycles. The van der Waals surface area contributed by atoms with E-state index in [1.54, 1.807) is 0 Å². The third-order valence-electron chi connectivity index (χ3n) is 4.76. The Bertz CT molecular complexity index is 733. The van der Waals surface area contributed by atoms with Crippen molar-refractivity contribution in [3.8, 4) is 0 Å². The highest BCUT2D eigenvalue weighted by Crippen LogP contribution is 2.23. The molecule has 132 valence electrons. The summed E-state index contributed by atoms with van der Waals surface area (Å²) in [5.41, 5.74) is 0.140. The minimum Gasteiger partial charge on any atom is -0.349 e. The van der Waals surface area contributed by atoms with Gasteiger partial charge in [0.05, 0.1) is 22.1 Å². The van der Waals surface area contributed by atoms with Crippen molar-refractivity contribution in [3.05, 3.63) is 34.6 Å². The Morgan fingerprint density at radius 3 is 2.58 bits per heavy atom. The molecule has 0 radical (unpaired) electrons. The van der Waals surface area contributed by atoms with Crippen LogP contribution in [0.5, 0.6) is 0 Å². The van der Waals surface area contributed by atoms with Crippen molar-refractivity contribution < 1.29 is 17.6 Å². The standard InChI is InChI=1S/C16H20ClFN2O3S/c17-15-2-1-11(18)9-14(15)16(21)19-12-3-6-20(7-4-12)13-5-8-24(22,23)10-13/h1-2,9,12-13H,3-8,10H2,(H,19,21). The van der Waals surface area contributed by atoms with Gasteiger partial charge in [-0.15, -0.1) is 0 Å². The van der Waals surface area contributed by atoms with Crippen LogP contribution in [-0.4, -0.2) is 55.9 Å². The summed E-state index contributed by atoms with van der Waals surface area (Å²) in [7, 11) is -2.88. The van der Waals surface area contributed by atoms with Gasteiger partial charge < -0.3 is 5.32 Å². The second-order valence-corrected chi connectivity index (χ2v) is 9.10. The number of amides is 1. The van der Waals surface area contributed by atoms with Crippen molar-refractivity contribution in [3.63, 3.8) is 0 Å². The summed E-state index contributed by atoms with van der Waals surface area (Å²) in [6.07, 6.45) is 2.18. The van der Waals surface area contributed by atoms with Gasteiger partial charge in [-0.2, -0.15) is 0 Å². The number of carbonyl (C=O) groups excluding carboxylic acids is 1. The Labute approximate surface area is 146 Å².